The van der Waals surface area contributed by atoms with Crippen molar-refractivity contribution >= 4 is 17.3 Å². The van der Waals surface area contributed by atoms with Gasteiger partial charge in [0.1, 0.15) is 0 Å². The highest BCUT2D eigenvalue weighted by molar-refractivity contribution is 5.90. The minimum absolute atomic E-state index is 0.325. The highest BCUT2D eigenvalue weighted by atomic mass is 16.5. The summed E-state index contributed by atoms with van der Waals surface area (Å²) in [6.45, 7) is 0.707. The van der Waals surface area contributed by atoms with Crippen LogP contribution in [0.5, 0.6) is 0 Å². The molecular weight excluding hydrogens is 264 g/mol. The van der Waals surface area contributed by atoms with E-state index in [2.05, 4.69) is 34.5 Å². The SMILES string of the molecule is COC(=O)c1cccc(NCc2ccc(N(C)C)cc2)c1. The summed E-state index contributed by atoms with van der Waals surface area (Å²) in [5.74, 6) is -0.325. The molecule has 0 atom stereocenters. The Morgan fingerprint density at radius 2 is 1.86 bits per heavy atom. The number of rotatable bonds is 5. The average Bonchev–Trinajstić information content (AvgIpc) is 2.52. The van der Waals surface area contributed by atoms with Crippen molar-refractivity contribution in [3.63, 3.8) is 0 Å². The van der Waals surface area contributed by atoms with E-state index in [1.54, 1.807) is 12.1 Å². The van der Waals surface area contributed by atoms with Gasteiger partial charge in [-0.15, -0.1) is 0 Å². The molecular formula is C17H20N2O2. The molecule has 0 fully saturated rings. The minimum Gasteiger partial charge on any atom is -0.465 e. The number of nitrogens with one attached hydrogen (secondary N) is 1. The highest BCUT2D eigenvalue weighted by Gasteiger charge is 2.05. The molecule has 0 aliphatic rings. The number of ether oxygens (including phenoxy) is 1. The van der Waals surface area contributed by atoms with E-state index in [-0.39, 0.29) is 5.97 Å². The molecule has 1 N–H and O–H groups in total. The van der Waals surface area contributed by atoms with Crippen molar-refractivity contribution in [1.82, 2.24) is 0 Å². The van der Waals surface area contributed by atoms with Gasteiger partial charge in [0.05, 0.1) is 12.7 Å². The van der Waals surface area contributed by atoms with E-state index >= 15 is 0 Å². The number of hydrogen-bond donors (Lipinski definition) is 1. The first-order chi connectivity index (χ1) is 10.1. The smallest absolute Gasteiger partial charge is 0.337 e. The maximum atomic E-state index is 11.5. The Bertz CT molecular complexity index is 606. The number of anilines is 2. The summed E-state index contributed by atoms with van der Waals surface area (Å²) >= 11 is 0. The van der Waals surface area contributed by atoms with Gasteiger partial charge in [-0.05, 0) is 35.9 Å². The quantitative estimate of drug-likeness (QED) is 0.856. The van der Waals surface area contributed by atoms with Gasteiger partial charge in [0, 0.05) is 32.0 Å². The Labute approximate surface area is 125 Å². The molecule has 4 heteroatoms. The van der Waals surface area contributed by atoms with E-state index in [0.717, 1.165) is 5.69 Å². The predicted molar refractivity (Wildman–Crippen MR) is 85.9 cm³/mol. The molecule has 2 rings (SSSR count). The van der Waals surface area contributed by atoms with Crippen molar-refractivity contribution in [3.8, 4) is 0 Å². The molecule has 4 nitrogen and oxygen atoms in total. The molecule has 110 valence electrons. The van der Waals surface area contributed by atoms with Crippen LogP contribution in [0.25, 0.3) is 0 Å². The zero-order chi connectivity index (χ0) is 15.2. The van der Waals surface area contributed by atoms with Crippen molar-refractivity contribution in [3.05, 3.63) is 59.7 Å². The van der Waals surface area contributed by atoms with Gasteiger partial charge in [0.2, 0.25) is 0 Å². The molecule has 0 bridgehead atoms. The van der Waals surface area contributed by atoms with Crippen molar-refractivity contribution < 1.29 is 9.53 Å². The summed E-state index contributed by atoms with van der Waals surface area (Å²) in [6.07, 6.45) is 0. The summed E-state index contributed by atoms with van der Waals surface area (Å²) in [6, 6.07) is 15.6. The Kier molecular flexibility index (Phi) is 4.82. The normalized spacial score (nSPS) is 10.0. The zero-order valence-electron chi connectivity index (χ0n) is 12.6. The van der Waals surface area contributed by atoms with Crippen LogP contribution >= 0.6 is 0 Å². The molecule has 0 aliphatic heterocycles. The molecule has 0 saturated carbocycles. The molecule has 0 aliphatic carbocycles. The van der Waals surface area contributed by atoms with Gasteiger partial charge < -0.3 is 15.0 Å². The molecule has 0 radical (unpaired) electrons. The van der Waals surface area contributed by atoms with Gasteiger partial charge in [-0.2, -0.15) is 0 Å². The van der Waals surface area contributed by atoms with Crippen LogP contribution in [0.2, 0.25) is 0 Å². The number of hydrogen-bond acceptors (Lipinski definition) is 4. The molecule has 0 spiro atoms. The third-order valence-electron chi connectivity index (χ3n) is 3.23. The molecule has 21 heavy (non-hydrogen) atoms. The number of carbonyl (C=O) groups excluding carboxylic acids is 1. The Morgan fingerprint density at radius 3 is 2.48 bits per heavy atom. The summed E-state index contributed by atoms with van der Waals surface area (Å²) < 4.78 is 4.72. The minimum atomic E-state index is -0.325. The first-order valence-corrected chi connectivity index (χ1v) is 6.78. The number of methoxy groups -OCH3 is 1. The topological polar surface area (TPSA) is 41.6 Å². The second-order valence-electron chi connectivity index (χ2n) is 4.99. The second kappa shape index (κ2) is 6.79. The molecule has 2 aromatic carbocycles. The van der Waals surface area contributed by atoms with Gasteiger partial charge in [0.15, 0.2) is 0 Å². The molecule has 0 aromatic heterocycles. The lowest BCUT2D eigenvalue weighted by Crippen LogP contribution is -2.08. The van der Waals surface area contributed by atoms with Crippen LogP contribution in [0.1, 0.15) is 15.9 Å². The fourth-order valence-electron chi connectivity index (χ4n) is 1.99. The van der Waals surface area contributed by atoms with E-state index in [1.165, 1.54) is 18.4 Å². The van der Waals surface area contributed by atoms with Crippen LogP contribution in [-0.4, -0.2) is 27.2 Å². The molecule has 0 unspecified atom stereocenters. The summed E-state index contributed by atoms with van der Waals surface area (Å²) in [5.41, 5.74) is 3.80. The van der Waals surface area contributed by atoms with E-state index in [0.29, 0.717) is 12.1 Å². The lowest BCUT2D eigenvalue weighted by atomic mass is 10.1. The first kappa shape index (κ1) is 14.9. The number of benzene rings is 2. The number of esters is 1. The van der Waals surface area contributed by atoms with E-state index in [1.807, 2.05) is 26.2 Å². The maximum Gasteiger partial charge on any atom is 0.337 e. The second-order valence-corrected chi connectivity index (χ2v) is 4.99. The van der Waals surface area contributed by atoms with Crippen LogP contribution in [-0.2, 0) is 11.3 Å². The fourth-order valence-corrected chi connectivity index (χ4v) is 1.99. The summed E-state index contributed by atoms with van der Waals surface area (Å²) in [7, 11) is 5.42. The van der Waals surface area contributed by atoms with Crippen molar-refractivity contribution in [2.75, 3.05) is 31.4 Å². The van der Waals surface area contributed by atoms with Crippen LogP contribution < -0.4 is 10.2 Å². The van der Waals surface area contributed by atoms with E-state index < -0.39 is 0 Å². The Balaban J connectivity index is 2.01. The van der Waals surface area contributed by atoms with Gasteiger partial charge in [-0.25, -0.2) is 4.79 Å². The van der Waals surface area contributed by atoms with E-state index in [4.69, 9.17) is 4.74 Å². The maximum absolute atomic E-state index is 11.5. The fraction of sp³-hybridized carbons (Fsp3) is 0.235. The van der Waals surface area contributed by atoms with Gasteiger partial charge in [-0.3, -0.25) is 0 Å². The molecule has 0 saturated heterocycles. The first-order valence-electron chi connectivity index (χ1n) is 6.78. The van der Waals surface area contributed by atoms with Crippen LogP contribution in [0.4, 0.5) is 11.4 Å². The lowest BCUT2D eigenvalue weighted by Gasteiger charge is -2.13. The van der Waals surface area contributed by atoms with Gasteiger partial charge in [-0.1, -0.05) is 18.2 Å². The third kappa shape index (κ3) is 3.99. The van der Waals surface area contributed by atoms with Crippen molar-refractivity contribution in [2.45, 2.75) is 6.54 Å². The van der Waals surface area contributed by atoms with Crippen LogP contribution in [0, 0.1) is 0 Å². The summed E-state index contributed by atoms with van der Waals surface area (Å²) in [4.78, 5) is 13.6. The van der Waals surface area contributed by atoms with Crippen molar-refractivity contribution in [2.24, 2.45) is 0 Å². The Hall–Kier alpha value is -2.49. The van der Waals surface area contributed by atoms with Crippen molar-refractivity contribution in [1.29, 1.82) is 0 Å². The molecule has 0 amide bonds. The predicted octanol–water partition coefficient (Wildman–Crippen LogP) is 3.15. The number of carbonyl (C=O) groups is 1. The third-order valence-corrected chi connectivity index (χ3v) is 3.23. The Morgan fingerprint density at radius 1 is 1.14 bits per heavy atom. The summed E-state index contributed by atoms with van der Waals surface area (Å²) in [5, 5.41) is 3.31. The lowest BCUT2D eigenvalue weighted by molar-refractivity contribution is 0.0601. The number of nitrogens with zero attached hydrogens (tertiary/aromatic N) is 1. The molecule has 2 aromatic rings. The van der Waals surface area contributed by atoms with Crippen LogP contribution in [0.3, 0.4) is 0 Å². The zero-order valence-corrected chi connectivity index (χ0v) is 12.6. The highest BCUT2D eigenvalue weighted by Crippen LogP contribution is 2.15. The largest absolute Gasteiger partial charge is 0.465 e. The van der Waals surface area contributed by atoms with Crippen LogP contribution in [0.15, 0.2) is 48.5 Å². The van der Waals surface area contributed by atoms with E-state index in [9.17, 15) is 4.79 Å². The molecule has 0 heterocycles. The van der Waals surface area contributed by atoms with Gasteiger partial charge >= 0.3 is 5.97 Å². The monoisotopic (exact) mass is 284 g/mol. The standard InChI is InChI=1S/C17H20N2O2/c1-19(2)16-9-7-13(8-10-16)12-18-15-6-4-5-14(11-15)17(20)21-3/h4-11,18H,12H2,1-3H3. The van der Waals surface area contributed by atoms with Gasteiger partial charge in [0.25, 0.3) is 0 Å². The average molecular weight is 284 g/mol.